The number of carboxylic acid groups (broad SMARTS) is 1. The molecule has 3 rings (SSSR count). The Morgan fingerprint density at radius 1 is 1.27 bits per heavy atom. The van der Waals surface area contributed by atoms with Crippen molar-refractivity contribution in [3.8, 4) is 0 Å². The molecule has 0 atom stereocenters. The van der Waals surface area contributed by atoms with Crippen LogP contribution in [0.25, 0.3) is 0 Å². The van der Waals surface area contributed by atoms with Crippen LogP contribution in [0.1, 0.15) is 49.1 Å². The van der Waals surface area contributed by atoms with Gasteiger partial charge in [0.25, 0.3) is 0 Å². The lowest BCUT2D eigenvalue weighted by Gasteiger charge is -2.32. The number of hydrogen-bond acceptors (Lipinski definition) is 4. The van der Waals surface area contributed by atoms with Crippen LogP contribution in [0.3, 0.4) is 0 Å². The van der Waals surface area contributed by atoms with Crippen LogP contribution < -0.4 is 0 Å². The van der Waals surface area contributed by atoms with Gasteiger partial charge in [0.1, 0.15) is 0 Å². The van der Waals surface area contributed by atoms with Crippen LogP contribution >= 0.6 is 0 Å². The highest BCUT2D eigenvalue weighted by molar-refractivity contribution is 5.93. The van der Waals surface area contributed by atoms with Crippen molar-refractivity contribution >= 4 is 11.9 Å². The van der Waals surface area contributed by atoms with Crippen molar-refractivity contribution in [2.75, 3.05) is 13.1 Å². The summed E-state index contributed by atoms with van der Waals surface area (Å²) < 4.78 is 1.61. The molecule has 0 aromatic carbocycles. The molecule has 1 amide bonds. The zero-order valence-electron chi connectivity index (χ0n) is 12.6. The Morgan fingerprint density at radius 3 is 2.50 bits per heavy atom. The molecule has 2 heterocycles. The van der Waals surface area contributed by atoms with E-state index >= 15 is 0 Å². The first-order valence-electron chi connectivity index (χ1n) is 7.67. The van der Waals surface area contributed by atoms with Crippen LogP contribution in [0.15, 0.2) is 17.8 Å². The molecule has 22 heavy (non-hydrogen) atoms. The smallest absolute Gasteiger partial charge is 0.358 e. The Morgan fingerprint density at radius 2 is 1.95 bits per heavy atom. The maximum Gasteiger partial charge on any atom is 0.358 e. The summed E-state index contributed by atoms with van der Waals surface area (Å²) in [6, 6.07) is 0.109. The molecule has 0 unspecified atom stereocenters. The highest BCUT2D eigenvalue weighted by Gasteiger charge is 2.27. The number of amides is 1. The molecular formula is C15H20N4O3. The van der Waals surface area contributed by atoms with Gasteiger partial charge in [0, 0.05) is 18.7 Å². The van der Waals surface area contributed by atoms with Crippen LogP contribution in [0, 0.1) is 5.92 Å². The summed E-state index contributed by atoms with van der Waals surface area (Å²) in [5.74, 6) is -0.346. The summed E-state index contributed by atoms with van der Waals surface area (Å²) in [6.45, 7) is 3.23. The van der Waals surface area contributed by atoms with Gasteiger partial charge < -0.3 is 10.0 Å². The number of carbonyl (C=O) groups is 2. The Hall–Kier alpha value is -2.18. The monoisotopic (exact) mass is 304 g/mol. The number of aromatic nitrogens is 3. The van der Waals surface area contributed by atoms with E-state index in [0.29, 0.717) is 19.0 Å². The highest BCUT2D eigenvalue weighted by Crippen LogP contribution is 2.32. The van der Waals surface area contributed by atoms with Gasteiger partial charge in [-0.3, -0.25) is 4.79 Å². The minimum Gasteiger partial charge on any atom is -0.476 e. The predicted octanol–water partition coefficient (Wildman–Crippen LogP) is 1.50. The fourth-order valence-corrected chi connectivity index (χ4v) is 2.82. The van der Waals surface area contributed by atoms with Crippen LogP contribution in [0.2, 0.25) is 0 Å². The zero-order chi connectivity index (χ0) is 15.7. The lowest BCUT2D eigenvalue weighted by Crippen LogP contribution is -2.39. The number of likely N-dealkylation sites (tertiary alicyclic amines) is 1. The summed E-state index contributed by atoms with van der Waals surface area (Å²) >= 11 is 0. The van der Waals surface area contributed by atoms with Gasteiger partial charge in [-0.15, -0.1) is 5.10 Å². The third-order valence-electron chi connectivity index (χ3n) is 4.30. The van der Waals surface area contributed by atoms with Crippen LogP contribution in [-0.2, 0) is 4.79 Å². The molecule has 1 aliphatic carbocycles. The molecule has 1 aliphatic heterocycles. The molecule has 2 fully saturated rings. The van der Waals surface area contributed by atoms with Crippen molar-refractivity contribution < 1.29 is 14.7 Å². The number of rotatable bonds is 4. The van der Waals surface area contributed by atoms with Crippen molar-refractivity contribution in [3.05, 3.63) is 23.5 Å². The van der Waals surface area contributed by atoms with E-state index in [1.54, 1.807) is 4.68 Å². The predicted molar refractivity (Wildman–Crippen MR) is 78.3 cm³/mol. The third kappa shape index (κ3) is 3.18. The van der Waals surface area contributed by atoms with E-state index in [2.05, 4.69) is 16.4 Å². The zero-order valence-corrected chi connectivity index (χ0v) is 12.6. The molecule has 1 saturated heterocycles. The van der Waals surface area contributed by atoms with Gasteiger partial charge >= 0.3 is 5.97 Å². The normalized spacial score (nSPS) is 20.2. The number of carbonyl (C=O) groups excluding carboxylic acids is 1. The third-order valence-corrected chi connectivity index (χ3v) is 4.30. The molecule has 1 N–H and O–H groups in total. The van der Waals surface area contributed by atoms with Gasteiger partial charge in [-0.2, -0.15) is 0 Å². The minimum atomic E-state index is -1.07. The van der Waals surface area contributed by atoms with Crippen LogP contribution in [-0.4, -0.2) is 50.0 Å². The molecule has 7 heteroatoms. The number of carboxylic acids is 1. The maximum atomic E-state index is 12.3. The maximum absolute atomic E-state index is 12.3. The van der Waals surface area contributed by atoms with E-state index in [-0.39, 0.29) is 17.6 Å². The van der Waals surface area contributed by atoms with Gasteiger partial charge in [-0.1, -0.05) is 11.3 Å². The lowest BCUT2D eigenvalue weighted by molar-refractivity contribution is -0.128. The summed E-state index contributed by atoms with van der Waals surface area (Å²) in [7, 11) is 0. The Kier molecular flexibility index (Phi) is 3.96. The second-order valence-corrected chi connectivity index (χ2v) is 6.10. The Bertz CT molecular complexity index is 610. The summed E-state index contributed by atoms with van der Waals surface area (Å²) in [5.41, 5.74) is 0.802. The van der Waals surface area contributed by atoms with Gasteiger partial charge in [0.05, 0.1) is 12.2 Å². The standard InChI is InChI=1S/C15H20N4O3/c1-10(8-11-2-3-11)14(20)18-6-4-12(5-7-18)19-9-13(15(21)22)16-17-19/h8-9,11-12H,2-7H2,1H3,(H,21,22)/b10-8+. The molecule has 0 bridgehead atoms. The SMILES string of the molecule is C/C(=C\C1CC1)C(=O)N1CCC(n2cc(C(=O)O)nn2)CC1. The number of allylic oxidation sites excluding steroid dienone is 1. The largest absolute Gasteiger partial charge is 0.476 e. The van der Waals surface area contributed by atoms with E-state index in [1.165, 1.54) is 19.0 Å². The summed E-state index contributed by atoms with van der Waals surface area (Å²) in [5, 5.41) is 16.4. The van der Waals surface area contributed by atoms with Gasteiger partial charge in [0.15, 0.2) is 5.69 Å². The molecule has 1 aromatic rings. The summed E-state index contributed by atoms with van der Waals surface area (Å²) in [6.07, 6.45) is 7.49. The van der Waals surface area contributed by atoms with Crippen molar-refractivity contribution in [1.29, 1.82) is 0 Å². The van der Waals surface area contributed by atoms with Crippen LogP contribution in [0.4, 0.5) is 0 Å². The lowest BCUT2D eigenvalue weighted by atomic mass is 10.0. The van der Waals surface area contributed by atoms with Gasteiger partial charge in [-0.05, 0) is 38.5 Å². The van der Waals surface area contributed by atoms with Crippen molar-refractivity contribution in [1.82, 2.24) is 19.9 Å². The fourth-order valence-electron chi connectivity index (χ4n) is 2.82. The van der Waals surface area contributed by atoms with Crippen molar-refractivity contribution in [2.45, 2.75) is 38.6 Å². The van der Waals surface area contributed by atoms with Gasteiger partial charge in [-0.25, -0.2) is 9.48 Å². The first-order chi connectivity index (χ1) is 10.5. The van der Waals surface area contributed by atoms with Crippen LogP contribution in [0.5, 0.6) is 0 Å². The van der Waals surface area contributed by atoms with E-state index < -0.39 is 5.97 Å². The molecule has 0 radical (unpaired) electrons. The van der Waals surface area contributed by atoms with E-state index in [0.717, 1.165) is 18.4 Å². The topological polar surface area (TPSA) is 88.3 Å². The highest BCUT2D eigenvalue weighted by atomic mass is 16.4. The minimum absolute atomic E-state index is 0.0401. The van der Waals surface area contributed by atoms with Crippen molar-refractivity contribution in [3.63, 3.8) is 0 Å². The fraction of sp³-hybridized carbons (Fsp3) is 0.600. The molecule has 0 spiro atoms. The Balaban J connectivity index is 1.57. The van der Waals surface area contributed by atoms with E-state index in [9.17, 15) is 9.59 Å². The quantitative estimate of drug-likeness (QED) is 0.852. The molecule has 7 nitrogen and oxygen atoms in total. The average Bonchev–Trinajstić information content (AvgIpc) is 3.18. The first kappa shape index (κ1) is 14.7. The number of hydrogen-bond donors (Lipinski definition) is 1. The molecule has 1 aromatic heterocycles. The number of piperidine rings is 1. The molecule has 1 saturated carbocycles. The second kappa shape index (κ2) is 5.90. The number of nitrogens with zero attached hydrogens (tertiary/aromatic N) is 4. The molecule has 118 valence electrons. The summed E-state index contributed by atoms with van der Waals surface area (Å²) in [4.78, 5) is 25.0. The van der Waals surface area contributed by atoms with E-state index in [1.807, 2.05) is 11.8 Å². The van der Waals surface area contributed by atoms with E-state index in [4.69, 9.17) is 5.11 Å². The molecule has 2 aliphatic rings. The van der Waals surface area contributed by atoms with Crippen molar-refractivity contribution in [2.24, 2.45) is 5.92 Å². The number of aromatic carboxylic acids is 1. The Labute approximate surface area is 128 Å². The van der Waals surface area contributed by atoms with Gasteiger partial charge in [0.2, 0.25) is 5.91 Å². The first-order valence-corrected chi connectivity index (χ1v) is 7.67. The molecular weight excluding hydrogens is 284 g/mol. The average molecular weight is 304 g/mol. The second-order valence-electron chi connectivity index (χ2n) is 6.10.